The van der Waals surface area contributed by atoms with Crippen molar-refractivity contribution < 1.29 is 13.3 Å². The molecule has 0 bridgehead atoms. The van der Waals surface area contributed by atoms with E-state index in [2.05, 4.69) is 31.9 Å². The molecule has 0 aliphatic rings. The van der Waals surface area contributed by atoms with Gasteiger partial charge in [0.2, 0.25) is 0 Å². The van der Waals surface area contributed by atoms with Gasteiger partial charge in [0, 0.05) is 26.5 Å². The average Bonchev–Trinajstić information content (AvgIpc) is 2.33. The first-order valence-corrected chi connectivity index (χ1v) is 12.1. The number of nitrogens with one attached hydrogen (secondary N) is 1. The summed E-state index contributed by atoms with van der Waals surface area (Å²) in [7, 11) is 1.22. The third-order valence-electron chi connectivity index (χ3n) is 3.36. The van der Waals surface area contributed by atoms with Crippen LogP contribution in [0.4, 0.5) is 0 Å². The summed E-state index contributed by atoms with van der Waals surface area (Å²) in [5.41, 5.74) is 0. The Morgan fingerprint density at radius 3 is 1.78 bits per heavy atom. The highest BCUT2D eigenvalue weighted by Crippen LogP contribution is 2.36. The van der Waals surface area contributed by atoms with Crippen LogP contribution in [0.15, 0.2) is 0 Å². The van der Waals surface area contributed by atoms with Gasteiger partial charge >= 0.3 is 8.80 Å². The van der Waals surface area contributed by atoms with Crippen LogP contribution < -0.4 is 5.32 Å². The van der Waals surface area contributed by atoms with E-state index in [-0.39, 0.29) is 0 Å². The SMILES string of the molecule is CCCNCCC([Si](C)(C)C)[Si](OC)(OC)OC. The molecule has 0 radical (unpaired) electrons. The highest BCUT2D eigenvalue weighted by atomic mass is 28.4. The fraction of sp³-hybridized carbons (Fsp3) is 1.00. The first-order valence-electron chi connectivity index (χ1n) is 6.74. The summed E-state index contributed by atoms with van der Waals surface area (Å²) in [6.45, 7) is 11.3. The second-order valence-electron chi connectivity index (χ2n) is 5.67. The van der Waals surface area contributed by atoms with E-state index < -0.39 is 16.9 Å². The van der Waals surface area contributed by atoms with E-state index in [0.717, 1.165) is 19.5 Å². The Balaban J connectivity index is 4.76. The van der Waals surface area contributed by atoms with Gasteiger partial charge in [0.05, 0.1) is 8.07 Å². The van der Waals surface area contributed by atoms with Crippen LogP contribution in [0.3, 0.4) is 0 Å². The molecule has 1 N–H and O–H groups in total. The Morgan fingerprint density at radius 1 is 0.944 bits per heavy atom. The molecule has 0 rings (SSSR count). The normalized spacial score (nSPS) is 14.8. The van der Waals surface area contributed by atoms with E-state index in [9.17, 15) is 0 Å². The predicted molar refractivity (Wildman–Crippen MR) is 81.7 cm³/mol. The highest BCUT2D eigenvalue weighted by Gasteiger charge is 2.52. The average molecular weight is 294 g/mol. The van der Waals surface area contributed by atoms with Crippen molar-refractivity contribution in [2.24, 2.45) is 0 Å². The van der Waals surface area contributed by atoms with Crippen molar-refractivity contribution in [1.82, 2.24) is 5.32 Å². The molecule has 0 aliphatic heterocycles. The molecule has 4 nitrogen and oxygen atoms in total. The van der Waals surface area contributed by atoms with E-state index in [0.29, 0.717) is 5.16 Å². The Bertz CT molecular complexity index is 210. The zero-order chi connectivity index (χ0) is 14.2. The Labute approximate surface area is 115 Å². The van der Waals surface area contributed by atoms with Gasteiger partial charge in [0.1, 0.15) is 0 Å². The van der Waals surface area contributed by atoms with Gasteiger partial charge in [-0.25, -0.2) is 0 Å². The lowest BCUT2D eigenvalue weighted by Gasteiger charge is -2.39. The maximum atomic E-state index is 5.68. The van der Waals surface area contributed by atoms with Gasteiger partial charge in [-0.05, 0) is 25.9 Å². The standard InChI is InChI=1S/C12H31NO3Si2/c1-8-10-13-11-9-12(17(5,6)7)18(14-2,15-3)16-4/h12-13H,8-11H2,1-7H3. The molecule has 0 aromatic carbocycles. The predicted octanol–water partition coefficient (Wildman–Crippen LogP) is 2.50. The molecule has 0 saturated heterocycles. The van der Waals surface area contributed by atoms with Crippen LogP contribution in [0.25, 0.3) is 0 Å². The van der Waals surface area contributed by atoms with Crippen molar-refractivity contribution >= 4 is 16.9 Å². The third-order valence-corrected chi connectivity index (χ3v) is 12.2. The van der Waals surface area contributed by atoms with Gasteiger partial charge in [0.25, 0.3) is 0 Å². The topological polar surface area (TPSA) is 39.7 Å². The summed E-state index contributed by atoms with van der Waals surface area (Å²) in [6.07, 6.45) is 2.23. The zero-order valence-electron chi connectivity index (χ0n) is 13.1. The van der Waals surface area contributed by atoms with Crippen LogP contribution in [0.5, 0.6) is 0 Å². The van der Waals surface area contributed by atoms with Gasteiger partial charge in [-0.15, -0.1) is 0 Å². The second-order valence-corrected chi connectivity index (χ2v) is 14.8. The number of rotatable bonds is 10. The fourth-order valence-electron chi connectivity index (χ4n) is 2.37. The van der Waals surface area contributed by atoms with Crippen molar-refractivity contribution in [2.45, 2.75) is 44.6 Å². The molecule has 0 aromatic heterocycles. The van der Waals surface area contributed by atoms with Crippen LogP contribution >= 0.6 is 0 Å². The second kappa shape index (κ2) is 8.45. The van der Waals surface area contributed by atoms with E-state index in [1.165, 1.54) is 6.42 Å². The molecule has 110 valence electrons. The zero-order valence-corrected chi connectivity index (χ0v) is 15.1. The van der Waals surface area contributed by atoms with E-state index in [1.54, 1.807) is 21.3 Å². The lowest BCUT2D eigenvalue weighted by molar-refractivity contribution is 0.117. The van der Waals surface area contributed by atoms with Gasteiger partial charge < -0.3 is 18.6 Å². The van der Waals surface area contributed by atoms with Crippen molar-refractivity contribution in [3.8, 4) is 0 Å². The monoisotopic (exact) mass is 293 g/mol. The number of hydrogen-bond donors (Lipinski definition) is 1. The summed E-state index contributed by atoms with van der Waals surface area (Å²) in [5.74, 6) is 0. The minimum atomic E-state index is -2.52. The van der Waals surface area contributed by atoms with Crippen molar-refractivity contribution in [3.05, 3.63) is 0 Å². The molecule has 18 heavy (non-hydrogen) atoms. The Morgan fingerprint density at radius 2 is 1.44 bits per heavy atom. The van der Waals surface area contributed by atoms with Crippen LogP contribution in [0.1, 0.15) is 19.8 Å². The molecule has 0 fully saturated rings. The maximum Gasteiger partial charge on any atom is 0.500 e. The molecule has 0 amide bonds. The van der Waals surface area contributed by atoms with Crippen LogP contribution in [0.2, 0.25) is 24.8 Å². The first-order chi connectivity index (χ1) is 8.37. The molecule has 1 atom stereocenters. The summed E-state index contributed by atoms with van der Waals surface area (Å²) >= 11 is 0. The van der Waals surface area contributed by atoms with Crippen LogP contribution in [-0.2, 0) is 13.3 Å². The van der Waals surface area contributed by atoms with Gasteiger partial charge in [-0.2, -0.15) is 0 Å². The lowest BCUT2D eigenvalue weighted by atomic mass is 10.4. The molecule has 0 heterocycles. The smallest absolute Gasteiger partial charge is 0.377 e. The maximum absolute atomic E-state index is 5.68. The summed E-state index contributed by atoms with van der Waals surface area (Å²) in [6, 6.07) is 0. The molecular formula is C12H31NO3Si2. The number of hydrogen-bond acceptors (Lipinski definition) is 4. The molecular weight excluding hydrogens is 262 g/mol. The van der Waals surface area contributed by atoms with Gasteiger partial charge in [-0.3, -0.25) is 0 Å². The van der Waals surface area contributed by atoms with Gasteiger partial charge in [0.15, 0.2) is 0 Å². The summed E-state index contributed by atoms with van der Waals surface area (Å²) < 4.78 is 17.1. The third kappa shape index (κ3) is 5.10. The quantitative estimate of drug-likeness (QED) is 0.496. The minimum absolute atomic E-state index is 0.425. The molecule has 0 aromatic rings. The van der Waals surface area contributed by atoms with E-state index >= 15 is 0 Å². The van der Waals surface area contributed by atoms with Crippen molar-refractivity contribution in [1.29, 1.82) is 0 Å². The Hall–Kier alpha value is 0.274. The summed E-state index contributed by atoms with van der Waals surface area (Å²) in [4.78, 5) is 0. The minimum Gasteiger partial charge on any atom is -0.377 e. The van der Waals surface area contributed by atoms with Crippen LogP contribution in [0, 0.1) is 0 Å². The largest absolute Gasteiger partial charge is 0.500 e. The van der Waals surface area contributed by atoms with Crippen molar-refractivity contribution in [3.63, 3.8) is 0 Å². The van der Waals surface area contributed by atoms with Crippen molar-refractivity contribution in [2.75, 3.05) is 34.4 Å². The summed E-state index contributed by atoms with van der Waals surface area (Å²) in [5, 5.41) is 3.89. The lowest BCUT2D eigenvalue weighted by Crippen LogP contribution is -2.56. The first kappa shape index (κ1) is 18.3. The molecule has 1 unspecified atom stereocenters. The van der Waals surface area contributed by atoms with Crippen LogP contribution in [-0.4, -0.2) is 51.3 Å². The highest BCUT2D eigenvalue weighted by molar-refractivity contribution is 6.90. The molecule has 0 spiro atoms. The molecule has 6 heteroatoms. The van der Waals surface area contributed by atoms with E-state index in [4.69, 9.17) is 13.3 Å². The Kier molecular flexibility index (Phi) is 8.57. The van der Waals surface area contributed by atoms with Gasteiger partial charge in [-0.1, -0.05) is 26.6 Å². The molecule has 0 saturated carbocycles. The fourth-order valence-corrected chi connectivity index (χ4v) is 10.5. The molecule has 0 aliphatic carbocycles. The van der Waals surface area contributed by atoms with E-state index in [1.807, 2.05) is 0 Å².